The van der Waals surface area contributed by atoms with Crippen LogP contribution in [0.4, 0.5) is 0 Å². The number of rotatable bonds is 5. The monoisotopic (exact) mass is 390 g/mol. The van der Waals surface area contributed by atoms with Crippen LogP contribution in [0.5, 0.6) is 5.75 Å². The van der Waals surface area contributed by atoms with Gasteiger partial charge in [0.2, 0.25) is 0 Å². The lowest BCUT2D eigenvalue weighted by Crippen LogP contribution is -2.23. The van der Waals surface area contributed by atoms with Crippen molar-refractivity contribution >= 4 is 29.6 Å². The molecule has 0 N–H and O–H groups in total. The van der Waals surface area contributed by atoms with Crippen molar-refractivity contribution in [2.24, 2.45) is 5.10 Å². The van der Waals surface area contributed by atoms with E-state index < -0.39 is 11.8 Å². The van der Waals surface area contributed by atoms with Crippen molar-refractivity contribution in [1.82, 2.24) is 5.01 Å². The normalized spacial score (nSPS) is 13.2. The molecule has 0 unspecified atom stereocenters. The van der Waals surface area contributed by atoms with E-state index in [4.69, 9.17) is 16.3 Å². The van der Waals surface area contributed by atoms with Crippen LogP contribution in [0.3, 0.4) is 0 Å². The number of halogens is 1. The molecule has 0 spiro atoms. The summed E-state index contributed by atoms with van der Waals surface area (Å²) < 4.78 is 5.74. The van der Waals surface area contributed by atoms with Crippen molar-refractivity contribution < 1.29 is 14.3 Å². The fraction of sp³-hybridized carbons (Fsp3) is 0.0455. The summed E-state index contributed by atoms with van der Waals surface area (Å²) in [5.41, 5.74) is 2.50. The van der Waals surface area contributed by atoms with Crippen molar-refractivity contribution in [3.05, 3.63) is 100 Å². The average Bonchev–Trinajstić information content (AvgIpc) is 2.97. The standard InChI is InChI=1S/C22H15ClN2O3/c23-17-9-5-16(6-10-17)14-28-18-11-7-15(8-12-18)13-24-25-21(26)19-3-1-2-4-20(19)22(25)27/h1-13H,14H2/b24-13-. The van der Waals surface area contributed by atoms with Gasteiger partial charge in [0, 0.05) is 5.02 Å². The zero-order valence-corrected chi connectivity index (χ0v) is 15.5. The van der Waals surface area contributed by atoms with Gasteiger partial charge in [-0.05, 0) is 59.7 Å². The van der Waals surface area contributed by atoms with Gasteiger partial charge in [0.25, 0.3) is 11.8 Å². The summed E-state index contributed by atoms with van der Waals surface area (Å²) in [7, 11) is 0. The minimum absolute atomic E-state index is 0.371. The molecule has 2 amide bonds. The zero-order chi connectivity index (χ0) is 19.5. The van der Waals surface area contributed by atoms with Crippen LogP contribution >= 0.6 is 11.6 Å². The maximum absolute atomic E-state index is 12.3. The highest BCUT2D eigenvalue weighted by Crippen LogP contribution is 2.22. The lowest BCUT2D eigenvalue weighted by Gasteiger charge is -2.07. The first-order valence-electron chi connectivity index (χ1n) is 8.61. The first kappa shape index (κ1) is 17.9. The van der Waals surface area contributed by atoms with E-state index in [-0.39, 0.29) is 0 Å². The highest BCUT2D eigenvalue weighted by atomic mass is 35.5. The van der Waals surface area contributed by atoms with Gasteiger partial charge < -0.3 is 4.74 Å². The van der Waals surface area contributed by atoms with Gasteiger partial charge in [-0.15, -0.1) is 0 Å². The quantitative estimate of drug-likeness (QED) is 0.474. The Morgan fingerprint density at radius 2 is 1.46 bits per heavy atom. The van der Waals surface area contributed by atoms with Gasteiger partial charge in [0.1, 0.15) is 12.4 Å². The molecule has 0 saturated heterocycles. The number of imide groups is 1. The minimum atomic E-state index is -0.417. The second-order valence-corrected chi connectivity index (χ2v) is 6.63. The van der Waals surface area contributed by atoms with Gasteiger partial charge in [0.15, 0.2) is 0 Å². The van der Waals surface area contributed by atoms with Gasteiger partial charge in [-0.3, -0.25) is 9.59 Å². The largest absolute Gasteiger partial charge is 0.489 e. The molecule has 3 aromatic carbocycles. The molecule has 0 radical (unpaired) electrons. The number of hydrogen-bond acceptors (Lipinski definition) is 4. The Labute approximate surface area is 166 Å². The summed E-state index contributed by atoms with van der Waals surface area (Å²) in [6, 6.07) is 21.4. The molecule has 0 bridgehead atoms. The molecule has 6 heteroatoms. The van der Waals surface area contributed by atoms with Crippen LogP contribution in [-0.2, 0) is 6.61 Å². The molecule has 1 aliphatic rings. The first-order chi connectivity index (χ1) is 13.6. The first-order valence-corrected chi connectivity index (χ1v) is 8.99. The molecule has 138 valence electrons. The van der Waals surface area contributed by atoms with Crippen molar-refractivity contribution in [2.75, 3.05) is 0 Å². The van der Waals surface area contributed by atoms with Crippen LogP contribution in [0.15, 0.2) is 77.9 Å². The number of amides is 2. The van der Waals surface area contributed by atoms with Crippen LogP contribution in [0.2, 0.25) is 5.02 Å². The van der Waals surface area contributed by atoms with E-state index in [2.05, 4.69) is 5.10 Å². The zero-order valence-electron chi connectivity index (χ0n) is 14.7. The summed E-state index contributed by atoms with van der Waals surface area (Å²) in [6.07, 6.45) is 1.48. The van der Waals surface area contributed by atoms with Crippen molar-refractivity contribution in [3.63, 3.8) is 0 Å². The molecule has 0 fully saturated rings. The second kappa shape index (κ2) is 7.66. The van der Waals surface area contributed by atoms with E-state index in [9.17, 15) is 9.59 Å². The Balaban J connectivity index is 1.40. The van der Waals surface area contributed by atoms with Crippen LogP contribution < -0.4 is 4.74 Å². The summed E-state index contributed by atoms with van der Waals surface area (Å²) >= 11 is 5.87. The Hall–Kier alpha value is -3.44. The Morgan fingerprint density at radius 3 is 2.07 bits per heavy atom. The van der Waals surface area contributed by atoms with E-state index in [1.165, 1.54) is 6.21 Å². The molecule has 28 heavy (non-hydrogen) atoms. The SMILES string of the molecule is O=C1c2ccccc2C(=O)N1/N=C\c1ccc(OCc2ccc(Cl)cc2)cc1. The fourth-order valence-electron chi connectivity index (χ4n) is 2.80. The third-order valence-corrected chi connectivity index (χ3v) is 4.55. The van der Waals surface area contributed by atoms with Crippen LogP contribution in [-0.4, -0.2) is 23.0 Å². The lowest BCUT2D eigenvalue weighted by molar-refractivity contribution is 0.0660. The third kappa shape index (κ3) is 3.66. The van der Waals surface area contributed by atoms with Crippen molar-refractivity contribution in [2.45, 2.75) is 6.61 Å². The molecule has 5 nitrogen and oxygen atoms in total. The number of nitrogens with zero attached hydrogens (tertiary/aromatic N) is 2. The Morgan fingerprint density at radius 1 is 0.857 bits per heavy atom. The van der Waals surface area contributed by atoms with E-state index in [1.807, 2.05) is 24.3 Å². The molecular weight excluding hydrogens is 376 g/mol. The summed E-state index contributed by atoms with van der Waals surface area (Å²) in [5, 5.41) is 5.63. The second-order valence-electron chi connectivity index (χ2n) is 6.20. The number of benzene rings is 3. The number of carbonyl (C=O) groups is 2. The molecular formula is C22H15ClN2O3. The fourth-order valence-corrected chi connectivity index (χ4v) is 2.93. The summed E-state index contributed by atoms with van der Waals surface area (Å²) in [6.45, 7) is 0.430. The smallest absolute Gasteiger partial charge is 0.282 e. The highest BCUT2D eigenvalue weighted by molar-refractivity contribution is 6.30. The minimum Gasteiger partial charge on any atom is -0.489 e. The molecule has 0 atom stereocenters. The van der Waals surface area contributed by atoms with Crippen molar-refractivity contribution in [3.8, 4) is 5.75 Å². The maximum Gasteiger partial charge on any atom is 0.282 e. The molecule has 0 aliphatic carbocycles. The van der Waals surface area contributed by atoms with Crippen LogP contribution in [0.25, 0.3) is 0 Å². The molecule has 1 heterocycles. The van der Waals surface area contributed by atoms with E-state index >= 15 is 0 Å². The van der Waals surface area contributed by atoms with E-state index in [1.54, 1.807) is 48.5 Å². The summed E-state index contributed by atoms with van der Waals surface area (Å²) in [5.74, 6) is -0.132. The number of hydrazone groups is 1. The highest BCUT2D eigenvalue weighted by Gasteiger charge is 2.35. The average molecular weight is 391 g/mol. The molecule has 1 aliphatic heterocycles. The number of ether oxygens (including phenoxy) is 1. The van der Waals surface area contributed by atoms with E-state index in [0.29, 0.717) is 28.5 Å². The van der Waals surface area contributed by atoms with E-state index in [0.717, 1.165) is 16.1 Å². The third-order valence-electron chi connectivity index (χ3n) is 4.29. The summed E-state index contributed by atoms with van der Waals surface area (Å²) in [4.78, 5) is 24.6. The van der Waals surface area contributed by atoms with Crippen LogP contribution in [0.1, 0.15) is 31.8 Å². The number of hydrogen-bond donors (Lipinski definition) is 0. The number of carbonyl (C=O) groups excluding carboxylic acids is 2. The lowest BCUT2D eigenvalue weighted by atomic mass is 10.1. The van der Waals surface area contributed by atoms with Gasteiger partial charge in [-0.1, -0.05) is 35.9 Å². The van der Waals surface area contributed by atoms with Gasteiger partial charge in [0.05, 0.1) is 17.3 Å². The van der Waals surface area contributed by atoms with Crippen LogP contribution in [0, 0.1) is 0 Å². The van der Waals surface area contributed by atoms with Gasteiger partial charge >= 0.3 is 0 Å². The van der Waals surface area contributed by atoms with Gasteiger partial charge in [-0.2, -0.15) is 10.1 Å². The predicted octanol–water partition coefficient (Wildman–Crippen LogP) is 4.55. The predicted molar refractivity (Wildman–Crippen MR) is 107 cm³/mol. The Kier molecular flexibility index (Phi) is 4.91. The molecule has 4 rings (SSSR count). The molecule has 0 aromatic heterocycles. The Bertz CT molecular complexity index is 1020. The topological polar surface area (TPSA) is 59.0 Å². The maximum atomic E-state index is 12.3. The van der Waals surface area contributed by atoms with Crippen molar-refractivity contribution in [1.29, 1.82) is 0 Å². The number of fused-ring (bicyclic) bond motifs is 1. The molecule has 0 saturated carbocycles. The molecule has 3 aromatic rings. The van der Waals surface area contributed by atoms with Gasteiger partial charge in [-0.25, -0.2) is 0 Å².